The molecule has 34 heavy (non-hydrogen) atoms. The van der Waals surface area contributed by atoms with Gasteiger partial charge in [-0.05, 0) is 70.2 Å². The maximum Gasteiger partial charge on any atom is 0.295 e. The third-order valence-corrected chi connectivity index (χ3v) is 5.89. The molecule has 1 fully saturated rings. The summed E-state index contributed by atoms with van der Waals surface area (Å²) in [5.41, 5.74) is 2.04. The van der Waals surface area contributed by atoms with Crippen molar-refractivity contribution in [3.8, 4) is 11.5 Å². The lowest BCUT2D eigenvalue weighted by Gasteiger charge is -2.27. The van der Waals surface area contributed by atoms with E-state index >= 15 is 0 Å². The Labute approximate surface area is 201 Å². The zero-order chi connectivity index (χ0) is 24.8. The number of aryl methyl sites for hydroxylation is 1. The lowest BCUT2D eigenvalue weighted by atomic mass is 9.94. The van der Waals surface area contributed by atoms with Crippen molar-refractivity contribution in [1.29, 1.82) is 0 Å². The fourth-order valence-corrected chi connectivity index (χ4v) is 4.21. The number of amides is 1. The predicted octanol–water partition coefficient (Wildman–Crippen LogP) is 4.17. The number of benzene rings is 2. The van der Waals surface area contributed by atoms with Gasteiger partial charge < -0.3 is 24.4 Å². The molecule has 7 heteroatoms. The van der Waals surface area contributed by atoms with Crippen LogP contribution in [0.3, 0.4) is 0 Å². The van der Waals surface area contributed by atoms with Crippen molar-refractivity contribution in [3.05, 3.63) is 64.7 Å². The molecular formula is C27H34N2O5. The van der Waals surface area contributed by atoms with E-state index in [4.69, 9.17) is 9.47 Å². The first kappa shape index (κ1) is 25.3. The van der Waals surface area contributed by atoms with Crippen molar-refractivity contribution in [3.63, 3.8) is 0 Å². The molecule has 1 aliphatic heterocycles. The highest BCUT2D eigenvalue weighted by atomic mass is 16.5. The summed E-state index contributed by atoms with van der Waals surface area (Å²) >= 11 is 0. The van der Waals surface area contributed by atoms with Crippen molar-refractivity contribution >= 4 is 17.4 Å². The van der Waals surface area contributed by atoms with Crippen LogP contribution in [0.1, 0.15) is 42.5 Å². The van der Waals surface area contributed by atoms with Gasteiger partial charge in [0.2, 0.25) is 0 Å². The minimum Gasteiger partial charge on any atom is -0.507 e. The number of carbonyl (C=O) groups excluding carboxylic acids is 2. The number of aliphatic hydroxyl groups is 1. The van der Waals surface area contributed by atoms with Crippen LogP contribution in [0.25, 0.3) is 5.76 Å². The molecule has 2 aromatic carbocycles. The zero-order valence-electron chi connectivity index (χ0n) is 20.6. The topological polar surface area (TPSA) is 79.3 Å². The van der Waals surface area contributed by atoms with E-state index in [0.29, 0.717) is 36.4 Å². The van der Waals surface area contributed by atoms with Crippen LogP contribution in [0.5, 0.6) is 11.5 Å². The van der Waals surface area contributed by atoms with Crippen molar-refractivity contribution < 1.29 is 24.2 Å². The summed E-state index contributed by atoms with van der Waals surface area (Å²) in [6, 6.07) is 11.8. The molecule has 0 saturated carbocycles. The van der Waals surface area contributed by atoms with E-state index in [-0.39, 0.29) is 11.3 Å². The number of methoxy groups -OCH3 is 1. The molecule has 1 saturated heterocycles. The standard InChI is InChI=1S/C27H34N2O5/c1-6-16-34-21-13-12-19(17-18(21)2)25(30)23-24(20-10-7-8-11-22(20)33-5)29(27(32)26(23)31)15-9-14-28(3)4/h7-8,10-13,17,24,30H,6,9,14-16H2,1-5H3/b25-23+. The molecule has 3 rings (SSSR count). The van der Waals surface area contributed by atoms with E-state index < -0.39 is 17.7 Å². The van der Waals surface area contributed by atoms with Crippen molar-refractivity contribution in [2.45, 2.75) is 32.7 Å². The first-order valence-corrected chi connectivity index (χ1v) is 11.6. The van der Waals surface area contributed by atoms with Gasteiger partial charge in [0, 0.05) is 17.7 Å². The van der Waals surface area contributed by atoms with Crippen LogP contribution in [0, 0.1) is 6.92 Å². The molecule has 0 aromatic heterocycles. The molecule has 1 aliphatic rings. The molecular weight excluding hydrogens is 432 g/mol. The number of ketones is 1. The molecule has 182 valence electrons. The molecule has 1 N–H and O–H groups in total. The number of ether oxygens (including phenoxy) is 2. The molecule has 1 unspecified atom stereocenters. The van der Waals surface area contributed by atoms with Gasteiger partial charge in [0.1, 0.15) is 17.3 Å². The highest BCUT2D eigenvalue weighted by molar-refractivity contribution is 6.46. The lowest BCUT2D eigenvalue weighted by molar-refractivity contribution is -0.140. The van der Waals surface area contributed by atoms with E-state index in [2.05, 4.69) is 0 Å². The molecule has 0 radical (unpaired) electrons. The Morgan fingerprint density at radius 2 is 1.85 bits per heavy atom. The second kappa shape index (κ2) is 11.2. The van der Waals surface area contributed by atoms with Gasteiger partial charge in [-0.1, -0.05) is 25.1 Å². The van der Waals surface area contributed by atoms with Gasteiger partial charge >= 0.3 is 0 Å². The summed E-state index contributed by atoms with van der Waals surface area (Å²) < 4.78 is 11.3. The smallest absolute Gasteiger partial charge is 0.295 e. The molecule has 1 heterocycles. The third-order valence-electron chi connectivity index (χ3n) is 5.89. The van der Waals surface area contributed by atoms with Crippen molar-refractivity contribution in [2.75, 3.05) is 40.9 Å². The summed E-state index contributed by atoms with van der Waals surface area (Å²) in [5, 5.41) is 11.3. The summed E-state index contributed by atoms with van der Waals surface area (Å²) in [6.45, 7) is 5.66. The Morgan fingerprint density at radius 3 is 2.50 bits per heavy atom. The van der Waals surface area contributed by atoms with Crippen LogP contribution in [0.2, 0.25) is 0 Å². The first-order chi connectivity index (χ1) is 16.3. The van der Waals surface area contributed by atoms with Crippen molar-refractivity contribution in [1.82, 2.24) is 9.80 Å². The van der Waals surface area contributed by atoms with Gasteiger partial charge in [-0.2, -0.15) is 0 Å². The Balaban J connectivity index is 2.10. The van der Waals surface area contributed by atoms with Gasteiger partial charge in [0.05, 0.1) is 25.3 Å². The normalized spacial score (nSPS) is 17.5. The molecule has 1 atom stereocenters. The summed E-state index contributed by atoms with van der Waals surface area (Å²) in [5.74, 6) is -0.228. The number of hydrogen-bond acceptors (Lipinski definition) is 6. The van der Waals surface area contributed by atoms with Gasteiger partial charge in [0.15, 0.2) is 0 Å². The number of carbonyl (C=O) groups is 2. The van der Waals surface area contributed by atoms with E-state index in [1.165, 1.54) is 0 Å². The predicted molar refractivity (Wildman–Crippen MR) is 132 cm³/mol. The number of likely N-dealkylation sites (tertiary alicyclic amines) is 1. The van der Waals surface area contributed by atoms with E-state index in [0.717, 1.165) is 24.3 Å². The monoisotopic (exact) mass is 466 g/mol. The Kier molecular flexibility index (Phi) is 8.34. The number of para-hydroxylation sites is 1. The maximum absolute atomic E-state index is 13.2. The molecule has 0 spiro atoms. The van der Waals surface area contributed by atoms with E-state index in [1.54, 1.807) is 36.3 Å². The third kappa shape index (κ3) is 5.25. The second-order valence-corrected chi connectivity index (χ2v) is 8.72. The number of hydrogen-bond donors (Lipinski definition) is 1. The van der Waals surface area contributed by atoms with Gasteiger partial charge in [-0.3, -0.25) is 9.59 Å². The summed E-state index contributed by atoms with van der Waals surface area (Å²) in [7, 11) is 5.47. The number of nitrogens with zero attached hydrogens (tertiary/aromatic N) is 2. The Hall–Kier alpha value is -3.32. The number of aliphatic hydroxyl groups excluding tert-OH is 1. The summed E-state index contributed by atoms with van der Waals surface area (Å²) in [4.78, 5) is 29.9. The van der Waals surface area contributed by atoms with Crippen LogP contribution in [-0.4, -0.2) is 67.5 Å². The average Bonchev–Trinajstić information content (AvgIpc) is 3.07. The summed E-state index contributed by atoms with van der Waals surface area (Å²) in [6.07, 6.45) is 1.58. The maximum atomic E-state index is 13.2. The fraction of sp³-hybridized carbons (Fsp3) is 0.407. The molecule has 2 aromatic rings. The number of rotatable bonds is 10. The largest absolute Gasteiger partial charge is 0.507 e. The molecule has 0 bridgehead atoms. The van der Waals surface area contributed by atoms with Crippen LogP contribution >= 0.6 is 0 Å². The lowest BCUT2D eigenvalue weighted by Crippen LogP contribution is -2.32. The molecule has 7 nitrogen and oxygen atoms in total. The molecule has 1 amide bonds. The second-order valence-electron chi connectivity index (χ2n) is 8.72. The minimum atomic E-state index is -0.741. The van der Waals surface area contributed by atoms with Gasteiger partial charge in [-0.15, -0.1) is 0 Å². The van der Waals surface area contributed by atoms with Crippen LogP contribution in [0.4, 0.5) is 0 Å². The van der Waals surface area contributed by atoms with E-state index in [1.807, 2.05) is 51.0 Å². The average molecular weight is 467 g/mol. The van der Waals surface area contributed by atoms with Crippen LogP contribution in [-0.2, 0) is 9.59 Å². The van der Waals surface area contributed by atoms with E-state index in [9.17, 15) is 14.7 Å². The number of Topliss-reactive ketones (excluding diaryl/α,β-unsaturated/α-hetero) is 1. The molecule has 0 aliphatic carbocycles. The van der Waals surface area contributed by atoms with Crippen LogP contribution in [0.15, 0.2) is 48.0 Å². The minimum absolute atomic E-state index is 0.0704. The van der Waals surface area contributed by atoms with Gasteiger partial charge in [-0.25, -0.2) is 0 Å². The SMILES string of the molecule is CCCOc1ccc(/C(O)=C2\C(=O)C(=O)N(CCCN(C)C)C2c2ccccc2OC)cc1C. The van der Waals surface area contributed by atoms with Crippen molar-refractivity contribution in [2.24, 2.45) is 0 Å². The van der Waals surface area contributed by atoms with Crippen LogP contribution < -0.4 is 9.47 Å². The quantitative estimate of drug-likeness (QED) is 0.322. The van der Waals surface area contributed by atoms with Gasteiger partial charge in [0.25, 0.3) is 11.7 Å². The first-order valence-electron chi connectivity index (χ1n) is 11.6. The highest BCUT2D eigenvalue weighted by Gasteiger charge is 2.46. The Bertz CT molecular complexity index is 1080. The fourth-order valence-electron chi connectivity index (χ4n) is 4.21. The highest BCUT2D eigenvalue weighted by Crippen LogP contribution is 2.42. The zero-order valence-corrected chi connectivity index (χ0v) is 20.6. The Morgan fingerprint density at radius 1 is 1.12 bits per heavy atom.